The number of rotatable bonds is 1. The Morgan fingerprint density at radius 1 is 1.43 bits per heavy atom. The van der Waals surface area contributed by atoms with Crippen LogP contribution in [0.4, 0.5) is 0 Å². The van der Waals surface area contributed by atoms with Crippen molar-refractivity contribution in [3.63, 3.8) is 0 Å². The van der Waals surface area contributed by atoms with Gasteiger partial charge in [0.05, 0.1) is 11.1 Å². The Labute approximate surface area is 95.6 Å². The van der Waals surface area contributed by atoms with E-state index in [9.17, 15) is 4.79 Å². The summed E-state index contributed by atoms with van der Waals surface area (Å²) in [7, 11) is 0. The number of carboxylic acid groups (broad SMARTS) is 1. The molecule has 0 fully saturated rings. The predicted molar refractivity (Wildman–Crippen MR) is 58.5 cm³/mol. The second-order valence-corrected chi connectivity index (χ2v) is 4.26. The number of carboxylic acids is 1. The molecule has 0 saturated heterocycles. The normalized spacial score (nSPS) is 10.7. The summed E-state index contributed by atoms with van der Waals surface area (Å²) in [5, 5.41) is 8.90. The number of H-pyrrole nitrogens is 1. The Bertz CT molecular complexity index is 521. The largest absolute Gasteiger partial charge is 0.478 e. The molecule has 0 aliphatic rings. The zero-order valence-electron chi connectivity index (χ0n) is 6.71. The number of fused-ring (bicyclic) bond motifs is 1. The summed E-state index contributed by atoms with van der Waals surface area (Å²) in [4.78, 5) is 17.8. The second kappa shape index (κ2) is 3.36. The van der Waals surface area contributed by atoms with E-state index in [2.05, 4.69) is 41.8 Å². The van der Waals surface area contributed by atoms with Gasteiger partial charge in [0.1, 0.15) is 5.52 Å². The molecule has 0 radical (unpaired) electrons. The lowest BCUT2D eigenvalue weighted by Crippen LogP contribution is -1.97. The maximum absolute atomic E-state index is 10.9. The fourth-order valence-corrected chi connectivity index (χ4v) is 2.00. The van der Waals surface area contributed by atoms with Crippen LogP contribution in [0.15, 0.2) is 21.3 Å². The first-order valence-electron chi connectivity index (χ1n) is 3.66. The van der Waals surface area contributed by atoms with Gasteiger partial charge in [-0.3, -0.25) is 0 Å². The van der Waals surface area contributed by atoms with E-state index in [1.807, 2.05) is 0 Å². The average Bonchev–Trinajstić information content (AvgIpc) is 2.47. The zero-order chi connectivity index (χ0) is 10.3. The Kier molecular flexibility index (Phi) is 2.32. The van der Waals surface area contributed by atoms with Gasteiger partial charge >= 0.3 is 5.97 Å². The predicted octanol–water partition coefficient (Wildman–Crippen LogP) is 2.79. The monoisotopic (exact) mass is 318 g/mol. The van der Waals surface area contributed by atoms with E-state index < -0.39 is 5.97 Å². The lowest BCUT2D eigenvalue weighted by Gasteiger charge is -1.97. The number of nitrogens with zero attached hydrogens (tertiary/aromatic N) is 1. The summed E-state index contributed by atoms with van der Waals surface area (Å²) < 4.78 is 1.28. The van der Waals surface area contributed by atoms with Crippen LogP contribution in [0.25, 0.3) is 11.0 Å². The summed E-state index contributed by atoms with van der Waals surface area (Å²) in [6.45, 7) is 0. The number of hydrogen-bond donors (Lipinski definition) is 2. The maximum atomic E-state index is 10.9. The third-order valence-corrected chi connectivity index (χ3v) is 2.81. The van der Waals surface area contributed by atoms with E-state index in [1.54, 1.807) is 6.07 Å². The third kappa shape index (κ3) is 1.44. The van der Waals surface area contributed by atoms with E-state index in [1.165, 1.54) is 6.07 Å². The van der Waals surface area contributed by atoms with Crippen molar-refractivity contribution in [3.05, 3.63) is 26.9 Å². The molecular formula is C8H4Br2N2O2. The molecule has 0 unspecified atom stereocenters. The van der Waals surface area contributed by atoms with Crippen molar-refractivity contribution in [3.8, 4) is 0 Å². The third-order valence-electron chi connectivity index (χ3n) is 1.80. The molecule has 0 amide bonds. The van der Waals surface area contributed by atoms with Crippen molar-refractivity contribution in [2.75, 3.05) is 0 Å². The van der Waals surface area contributed by atoms with E-state index >= 15 is 0 Å². The quantitative estimate of drug-likeness (QED) is 0.849. The first-order valence-corrected chi connectivity index (χ1v) is 5.25. The fraction of sp³-hybridized carbons (Fsp3) is 0. The highest BCUT2D eigenvalue weighted by Gasteiger charge is 2.13. The van der Waals surface area contributed by atoms with Gasteiger partial charge in [0.15, 0.2) is 4.73 Å². The molecule has 0 bridgehead atoms. The Morgan fingerprint density at radius 3 is 2.79 bits per heavy atom. The van der Waals surface area contributed by atoms with Gasteiger partial charge in [0, 0.05) is 4.47 Å². The molecule has 1 heterocycles. The molecular weight excluding hydrogens is 316 g/mol. The number of aromatic nitrogens is 2. The molecule has 2 N–H and O–H groups in total. The Hall–Kier alpha value is -0.880. The number of imidazole rings is 1. The smallest absolute Gasteiger partial charge is 0.337 e. The van der Waals surface area contributed by atoms with Crippen LogP contribution in [0.5, 0.6) is 0 Å². The lowest BCUT2D eigenvalue weighted by atomic mass is 10.2. The molecule has 1 aromatic heterocycles. The van der Waals surface area contributed by atoms with Gasteiger partial charge in [-0.2, -0.15) is 0 Å². The highest BCUT2D eigenvalue weighted by Crippen LogP contribution is 2.26. The minimum atomic E-state index is -0.973. The van der Waals surface area contributed by atoms with Crippen molar-refractivity contribution in [1.29, 1.82) is 0 Å². The van der Waals surface area contributed by atoms with Crippen molar-refractivity contribution in [2.45, 2.75) is 0 Å². The average molecular weight is 320 g/mol. The summed E-state index contributed by atoms with van der Waals surface area (Å²) in [5.41, 5.74) is 1.33. The number of aromatic carboxylic acids is 1. The van der Waals surface area contributed by atoms with Gasteiger partial charge in [0.25, 0.3) is 0 Å². The first-order chi connectivity index (χ1) is 6.59. The minimum Gasteiger partial charge on any atom is -0.478 e. The number of benzene rings is 1. The zero-order valence-corrected chi connectivity index (χ0v) is 9.89. The number of halogens is 2. The Balaban J connectivity index is 2.87. The van der Waals surface area contributed by atoms with Gasteiger partial charge < -0.3 is 10.1 Å². The van der Waals surface area contributed by atoms with Crippen molar-refractivity contribution in [2.24, 2.45) is 0 Å². The van der Waals surface area contributed by atoms with Crippen LogP contribution in [0, 0.1) is 0 Å². The van der Waals surface area contributed by atoms with Crippen LogP contribution >= 0.6 is 31.9 Å². The van der Waals surface area contributed by atoms with E-state index in [4.69, 9.17) is 5.11 Å². The molecule has 0 atom stereocenters. The maximum Gasteiger partial charge on any atom is 0.337 e. The van der Waals surface area contributed by atoms with Crippen molar-refractivity contribution >= 4 is 48.9 Å². The van der Waals surface area contributed by atoms with Crippen LogP contribution in [-0.4, -0.2) is 21.0 Å². The second-order valence-electron chi connectivity index (χ2n) is 2.65. The topological polar surface area (TPSA) is 66.0 Å². The molecule has 2 rings (SSSR count). The summed E-state index contributed by atoms with van der Waals surface area (Å²) in [6, 6.07) is 3.19. The molecule has 4 nitrogen and oxygen atoms in total. The summed E-state index contributed by atoms with van der Waals surface area (Å²) >= 11 is 6.46. The van der Waals surface area contributed by atoms with E-state index in [-0.39, 0.29) is 5.56 Å². The van der Waals surface area contributed by atoms with E-state index in [0.717, 1.165) is 4.47 Å². The molecule has 0 spiro atoms. The van der Waals surface area contributed by atoms with Gasteiger partial charge in [-0.15, -0.1) is 0 Å². The number of nitrogens with one attached hydrogen (secondary N) is 1. The Morgan fingerprint density at radius 2 is 2.14 bits per heavy atom. The highest BCUT2D eigenvalue weighted by atomic mass is 79.9. The number of hydrogen-bond acceptors (Lipinski definition) is 2. The summed E-state index contributed by atoms with van der Waals surface area (Å²) in [5.74, 6) is -0.973. The van der Waals surface area contributed by atoms with Crippen molar-refractivity contribution < 1.29 is 9.90 Å². The molecule has 1 aromatic carbocycles. The molecule has 2 aromatic rings. The number of carbonyl (C=O) groups is 1. The van der Waals surface area contributed by atoms with Crippen LogP contribution in [-0.2, 0) is 0 Å². The van der Waals surface area contributed by atoms with Crippen molar-refractivity contribution in [1.82, 2.24) is 9.97 Å². The van der Waals surface area contributed by atoms with Gasteiger partial charge in [0.2, 0.25) is 0 Å². The molecule has 0 aliphatic carbocycles. The van der Waals surface area contributed by atoms with Gasteiger partial charge in [-0.25, -0.2) is 9.78 Å². The molecule has 14 heavy (non-hydrogen) atoms. The van der Waals surface area contributed by atoms with Gasteiger partial charge in [-0.05, 0) is 44.0 Å². The molecule has 6 heteroatoms. The number of aromatic amines is 1. The lowest BCUT2D eigenvalue weighted by molar-refractivity contribution is 0.0699. The standard InChI is InChI=1S/C8H4Br2N2O2/c9-4-2-1-3(7(13)14)5-6(4)12-8(10)11-5/h1-2H,(H,11,12)(H,13,14). The van der Waals surface area contributed by atoms with Crippen LogP contribution < -0.4 is 0 Å². The fourth-order valence-electron chi connectivity index (χ4n) is 1.21. The van der Waals surface area contributed by atoms with E-state index in [0.29, 0.717) is 15.8 Å². The van der Waals surface area contributed by atoms with Crippen LogP contribution in [0.1, 0.15) is 10.4 Å². The van der Waals surface area contributed by atoms with Crippen LogP contribution in [0.3, 0.4) is 0 Å². The summed E-state index contributed by atoms with van der Waals surface area (Å²) in [6.07, 6.45) is 0. The van der Waals surface area contributed by atoms with Crippen LogP contribution in [0.2, 0.25) is 0 Å². The first kappa shape index (κ1) is 9.67. The highest BCUT2D eigenvalue weighted by molar-refractivity contribution is 9.11. The molecule has 0 saturated carbocycles. The molecule has 0 aliphatic heterocycles. The molecule has 72 valence electrons. The minimum absolute atomic E-state index is 0.210. The SMILES string of the molecule is O=C(O)c1ccc(Br)c2nc(Br)[nH]c12. The van der Waals surface area contributed by atoms with Gasteiger partial charge in [-0.1, -0.05) is 0 Å².